The Kier molecular flexibility index (Phi) is 6.59. The molecule has 3 aromatic rings. The minimum atomic E-state index is 0.000809. The molecule has 4 rings (SSSR count). The first-order chi connectivity index (χ1) is 15.0. The maximum Gasteiger partial charge on any atom is 0.253 e. The Hall–Kier alpha value is -2.83. The van der Waals surface area contributed by atoms with E-state index in [1.165, 1.54) is 0 Å². The van der Waals surface area contributed by atoms with Gasteiger partial charge in [-0.2, -0.15) is 0 Å². The second-order valence-electron chi connectivity index (χ2n) is 7.28. The van der Waals surface area contributed by atoms with Crippen molar-refractivity contribution in [2.75, 3.05) is 26.2 Å². The van der Waals surface area contributed by atoms with Crippen LogP contribution in [0.1, 0.15) is 22.7 Å². The summed E-state index contributed by atoms with van der Waals surface area (Å²) in [7, 11) is 0. The summed E-state index contributed by atoms with van der Waals surface area (Å²) in [6.45, 7) is 2.10. The maximum atomic E-state index is 12.6. The minimum absolute atomic E-state index is 0.000809. The lowest BCUT2D eigenvalue weighted by Gasteiger charge is -2.34. The van der Waals surface area contributed by atoms with Crippen LogP contribution in [0.4, 0.5) is 0 Å². The van der Waals surface area contributed by atoms with Gasteiger partial charge in [0, 0.05) is 55.2 Å². The molecule has 0 unspecified atom stereocenters. The van der Waals surface area contributed by atoms with E-state index in [0.29, 0.717) is 71.8 Å². The van der Waals surface area contributed by atoms with Crippen LogP contribution >= 0.6 is 23.2 Å². The van der Waals surface area contributed by atoms with Crippen molar-refractivity contribution in [1.29, 1.82) is 0 Å². The Morgan fingerprint density at radius 3 is 2.39 bits per heavy atom. The van der Waals surface area contributed by atoms with Gasteiger partial charge in [-0.3, -0.25) is 9.59 Å². The number of benzene rings is 2. The lowest BCUT2D eigenvalue weighted by Crippen LogP contribution is -2.50. The van der Waals surface area contributed by atoms with Crippen molar-refractivity contribution in [3.8, 4) is 11.3 Å². The Morgan fingerprint density at radius 1 is 0.968 bits per heavy atom. The molecule has 1 aliphatic rings. The van der Waals surface area contributed by atoms with E-state index in [1.807, 2.05) is 30.3 Å². The van der Waals surface area contributed by atoms with Crippen molar-refractivity contribution in [2.45, 2.75) is 12.8 Å². The third-order valence-electron chi connectivity index (χ3n) is 5.24. The zero-order valence-electron chi connectivity index (χ0n) is 16.8. The summed E-state index contributed by atoms with van der Waals surface area (Å²) >= 11 is 12.1. The topological polar surface area (TPSA) is 66.7 Å². The fourth-order valence-corrected chi connectivity index (χ4v) is 4.04. The van der Waals surface area contributed by atoms with E-state index in [1.54, 1.807) is 34.2 Å². The van der Waals surface area contributed by atoms with Crippen LogP contribution < -0.4 is 0 Å². The Balaban J connectivity index is 1.28. The van der Waals surface area contributed by atoms with Crippen LogP contribution in [0.15, 0.2) is 59.1 Å². The zero-order valence-corrected chi connectivity index (χ0v) is 18.3. The van der Waals surface area contributed by atoms with Gasteiger partial charge in [-0.05, 0) is 30.3 Å². The summed E-state index contributed by atoms with van der Waals surface area (Å²) in [6.07, 6.45) is 2.29. The molecular formula is C23H21Cl2N3O3. The van der Waals surface area contributed by atoms with Gasteiger partial charge in [0.05, 0.1) is 11.2 Å². The molecule has 0 spiro atoms. The predicted molar refractivity (Wildman–Crippen MR) is 119 cm³/mol. The third kappa shape index (κ3) is 5.09. The van der Waals surface area contributed by atoms with Gasteiger partial charge in [0.15, 0.2) is 11.7 Å². The van der Waals surface area contributed by atoms with Crippen LogP contribution in [-0.2, 0) is 11.2 Å². The predicted octanol–water partition coefficient (Wildman–Crippen LogP) is 4.57. The van der Waals surface area contributed by atoms with Gasteiger partial charge in [0.2, 0.25) is 5.91 Å². The number of hydrogen-bond acceptors (Lipinski definition) is 4. The van der Waals surface area contributed by atoms with Crippen molar-refractivity contribution < 1.29 is 14.0 Å². The lowest BCUT2D eigenvalue weighted by molar-refractivity contribution is -0.132. The highest BCUT2D eigenvalue weighted by Crippen LogP contribution is 2.30. The zero-order chi connectivity index (χ0) is 21.8. The SMILES string of the molecule is O=C(CCc1ncc(-c2ccc(Cl)cc2Cl)o1)N1CCN(C(=O)c2ccccc2)CC1. The monoisotopic (exact) mass is 457 g/mol. The fourth-order valence-electron chi connectivity index (χ4n) is 3.53. The molecule has 0 aliphatic carbocycles. The number of halogens is 2. The fraction of sp³-hybridized carbons (Fsp3) is 0.261. The molecule has 2 heterocycles. The van der Waals surface area contributed by atoms with E-state index in [4.69, 9.17) is 27.6 Å². The molecule has 2 amide bonds. The van der Waals surface area contributed by atoms with Gasteiger partial charge in [-0.15, -0.1) is 0 Å². The van der Waals surface area contributed by atoms with Crippen molar-refractivity contribution in [3.05, 3.63) is 76.2 Å². The number of aryl methyl sites for hydroxylation is 1. The molecule has 0 radical (unpaired) electrons. The third-order valence-corrected chi connectivity index (χ3v) is 5.79. The summed E-state index contributed by atoms with van der Waals surface area (Å²) in [6, 6.07) is 14.3. The smallest absolute Gasteiger partial charge is 0.253 e. The first kappa shape index (κ1) is 21.4. The number of nitrogens with zero attached hydrogens (tertiary/aromatic N) is 3. The first-order valence-electron chi connectivity index (χ1n) is 10.0. The average molecular weight is 458 g/mol. The van der Waals surface area contributed by atoms with E-state index in [9.17, 15) is 9.59 Å². The Bertz CT molecular complexity index is 1080. The summed E-state index contributed by atoms with van der Waals surface area (Å²) in [5, 5.41) is 1.03. The average Bonchev–Trinajstić information content (AvgIpc) is 3.26. The van der Waals surface area contributed by atoms with Crippen LogP contribution in [0.2, 0.25) is 10.0 Å². The second-order valence-corrected chi connectivity index (χ2v) is 8.13. The Morgan fingerprint density at radius 2 is 1.68 bits per heavy atom. The molecule has 1 aliphatic heterocycles. The maximum absolute atomic E-state index is 12.6. The van der Waals surface area contributed by atoms with Crippen molar-refractivity contribution in [2.24, 2.45) is 0 Å². The van der Waals surface area contributed by atoms with Crippen LogP contribution in [-0.4, -0.2) is 52.8 Å². The molecule has 0 saturated carbocycles. The van der Waals surface area contributed by atoms with Crippen LogP contribution in [0.25, 0.3) is 11.3 Å². The molecule has 1 saturated heterocycles. The highest BCUT2D eigenvalue weighted by molar-refractivity contribution is 6.36. The van der Waals surface area contributed by atoms with Crippen LogP contribution in [0.5, 0.6) is 0 Å². The standard InChI is InChI=1S/C23H21Cl2N3O3/c24-17-6-7-18(19(25)14-17)20-15-26-21(31-20)8-9-22(29)27-10-12-28(13-11-27)23(30)16-4-2-1-3-5-16/h1-7,14-15H,8-13H2. The highest BCUT2D eigenvalue weighted by atomic mass is 35.5. The van der Waals surface area contributed by atoms with Gasteiger partial charge in [0.1, 0.15) is 0 Å². The molecule has 1 aromatic heterocycles. The second kappa shape index (κ2) is 9.54. The summed E-state index contributed by atoms with van der Waals surface area (Å²) in [4.78, 5) is 33.0. The van der Waals surface area contributed by atoms with E-state index >= 15 is 0 Å². The lowest BCUT2D eigenvalue weighted by atomic mass is 10.1. The molecule has 31 heavy (non-hydrogen) atoms. The molecule has 160 valence electrons. The van der Waals surface area contributed by atoms with Crippen LogP contribution in [0, 0.1) is 0 Å². The van der Waals surface area contributed by atoms with E-state index in [2.05, 4.69) is 4.98 Å². The van der Waals surface area contributed by atoms with Crippen molar-refractivity contribution >= 4 is 35.0 Å². The van der Waals surface area contributed by atoms with E-state index in [-0.39, 0.29) is 11.8 Å². The number of amides is 2. The quantitative estimate of drug-likeness (QED) is 0.562. The van der Waals surface area contributed by atoms with E-state index in [0.717, 1.165) is 0 Å². The number of rotatable bonds is 5. The molecule has 1 fully saturated rings. The number of oxazole rings is 1. The van der Waals surface area contributed by atoms with Crippen LogP contribution in [0.3, 0.4) is 0 Å². The minimum Gasteiger partial charge on any atom is -0.441 e. The molecule has 0 bridgehead atoms. The van der Waals surface area contributed by atoms with Crippen molar-refractivity contribution in [1.82, 2.24) is 14.8 Å². The molecule has 6 nitrogen and oxygen atoms in total. The van der Waals surface area contributed by atoms with Gasteiger partial charge in [-0.1, -0.05) is 41.4 Å². The van der Waals surface area contributed by atoms with Crippen molar-refractivity contribution in [3.63, 3.8) is 0 Å². The summed E-state index contributed by atoms with van der Waals surface area (Å²) in [5.74, 6) is 1.04. The van der Waals surface area contributed by atoms with Gasteiger partial charge >= 0.3 is 0 Å². The largest absolute Gasteiger partial charge is 0.441 e. The highest BCUT2D eigenvalue weighted by Gasteiger charge is 2.25. The normalized spacial score (nSPS) is 14.0. The summed E-state index contributed by atoms with van der Waals surface area (Å²) < 4.78 is 5.76. The number of piperazine rings is 1. The molecule has 0 atom stereocenters. The van der Waals surface area contributed by atoms with Gasteiger partial charge in [0.25, 0.3) is 5.91 Å². The summed E-state index contributed by atoms with van der Waals surface area (Å²) in [5.41, 5.74) is 1.37. The van der Waals surface area contributed by atoms with Gasteiger partial charge < -0.3 is 14.2 Å². The van der Waals surface area contributed by atoms with E-state index < -0.39 is 0 Å². The number of hydrogen-bond donors (Lipinski definition) is 0. The number of aromatic nitrogens is 1. The van der Waals surface area contributed by atoms with Gasteiger partial charge in [-0.25, -0.2) is 4.98 Å². The number of carbonyl (C=O) groups is 2. The Labute approximate surface area is 190 Å². The number of carbonyl (C=O) groups excluding carboxylic acids is 2. The first-order valence-corrected chi connectivity index (χ1v) is 10.8. The molecule has 0 N–H and O–H groups in total. The molecule has 2 aromatic carbocycles. The molecule has 8 heteroatoms. The molecular weight excluding hydrogens is 437 g/mol.